The van der Waals surface area contributed by atoms with Crippen LogP contribution in [-0.4, -0.2) is 30.7 Å². The van der Waals surface area contributed by atoms with Crippen LogP contribution >= 0.6 is 0 Å². The van der Waals surface area contributed by atoms with Crippen molar-refractivity contribution in [3.63, 3.8) is 0 Å². The van der Waals surface area contributed by atoms with Gasteiger partial charge in [-0.1, -0.05) is 24.3 Å². The van der Waals surface area contributed by atoms with Crippen molar-refractivity contribution in [2.45, 2.75) is 19.4 Å². The van der Waals surface area contributed by atoms with Crippen molar-refractivity contribution in [2.24, 2.45) is 0 Å². The third-order valence-corrected chi connectivity index (χ3v) is 4.52. The first kappa shape index (κ1) is 14.9. The SMILES string of the molecule is O=C(CCNc1ccc2c(c1)OCO2)N1CCc2ccccc2C1. The maximum absolute atomic E-state index is 12.4. The van der Waals surface area contributed by atoms with Gasteiger partial charge in [-0.25, -0.2) is 0 Å². The maximum atomic E-state index is 12.4. The lowest BCUT2D eigenvalue weighted by molar-refractivity contribution is -0.131. The molecule has 1 amide bonds. The molecular formula is C19H20N2O3. The van der Waals surface area contributed by atoms with Gasteiger partial charge in [0.25, 0.3) is 0 Å². The summed E-state index contributed by atoms with van der Waals surface area (Å²) in [5.74, 6) is 1.71. The fourth-order valence-corrected chi connectivity index (χ4v) is 3.19. The summed E-state index contributed by atoms with van der Waals surface area (Å²) in [6.45, 7) is 2.41. The van der Waals surface area contributed by atoms with Gasteiger partial charge in [-0.3, -0.25) is 4.79 Å². The van der Waals surface area contributed by atoms with Crippen molar-refractivity contribution >= 4 is 11.6 Å². The molecule has 124 valence electrons. The second-order valence-electron chi connectivity index (χ2n) is 6.08. The number of amides is 1. The van der Waals surface area contributed by atoms with E-state index in [-0.39, 0.29) is 12.7 Å². The maximum Gasteiger partial charge on any atom is 0.231 e. The normalized spacial score (nSPS) is 15.1. The van der Waals surface area contributed by atoms with E-state index in [1.165, 1.54) is 11.1 Å². The summed E-state index contributed by atoms with van der Waals surface area (Å²) in [6, 6.07) is 14.1. The lowest BCUT2D eigenvalue weighted by Gasteiger charge is -2.29. The van der Waals surface area contributed by atoms with Crippen molar-refractivity contribution in [3.8, 4) is 11.5 Å². The van der Waals surface area contributed by atoms with Gasteiger partial charge in [0, 0.05) is 37.8 Å². The van der Waals surface area contributed by atoms with Gasteiger partial charge in [-0.15, -0.1) is 0 Å². The third kappa shape index (κ3) is 3.02. The first-order chi connectivity index (χ1) is 11.8. The number of benzene rings is 2. The Kier molecular flexibility index (Phi) is 3.99. The summed E-state index contributed by atoms with van der Waals surface area (Å²) in [7, 11) is 0. The lowest BCUT2D eigenvalue weighted by atomic mass is 10.00. The summed E-state index contributed by atoms with van der Waals surface area (Å²) in [5, 5.41) is 3.28. The van der Waals surface area contributed by atoms with E-state index in [1.54, 1.807) is 0 Å². The highest BCUT2D eigenvalue weighted by Crippen LogP contribution is 2.34. The average molecular weight is 324 g/mol. The van der Waals surface area contributed by atoms with Crippen molar-refractivity contribution in [2.75, 3.05) is 25.2 Å². The van der Waals surface area contributed by atoms with Crippen molar-refractivity contribution in [3.05, 3.63) is 53.6 Å². The van der Waals surface area contributed by atoms with Gasteiger partial charge in [-0.05, 0) is 29.7 Å². The van der Waals surface area contributed by atoms with E-state index in [0.717, 1.165) is 36.7 Å². The molecule has 1 N–H and O–H groups in total. The van der Waals surface area contributed by atoms with E-state index in [2.05, 4.69) is 23.5 Å². The highest BCUT2D eigenvalue weighted by atomic mass is 16.7. The molecule has 4 rings (SSSR count). The number of ether oxygens (including phenoxy) is 2. The molecular weight excluding hydrogens is 304 g/mol. The Hall–Kier alpha value is -2.69. The van der Waals surface area contributed by atoms with Crippen LogP contribution < -0.4 is 14.8 Å². The number of hydrogen-bond acceptors (Lipinski definition) is 4. The molecule has 0 atom stereocenters. The Morgan fingerprint density at radius 2 is 1.92 bits per heavy atom. The zero-order valence-electron chi connectivity index (χ0n) is 13.5. The van der Waals surface area contributed by atoms with Crippen molar-refractivity contribution < 1.29 is 14.3 Å². The summed E-state index contributed by atoms with van der Waals surface area (Å²) in [4.78, 5) is 14.4. The summed E-state index contributed by atoms with van der Waals surface area (Å²) in [6.07, 6.45) is 1.42. The van der Waals surface area contributed by atoms with Gasteiger partial charge in [0.15, 0.2) is 11.5 Å². The van der Waals surface area contributed by atoms with Crippen LogP contribution in [0.2, 0.25) is 0 Å². The van der Waals surface area contributed by atoms with Gasteiger partial charge >= 0.3 is 0 Å². The number of hydrogen-bond donors (Lipinski definition) is 1. The number of nitrogens with one attached hydrogen (secondary N) is 1. The monoisotopic (exact) mass is 324 g/mol. The minimum absolute atomic E-state index is 0.192. The molecule has 0 unspecified atom stereocenters. The zero-order valence-corrected chi connectivity index (χ0v) is 13.5. The van der Waals surface area contributed by atoms with E-state index < -0.39 is 0 Å². The zero-order chi connectivity index (χ0) is 16.4. The van der Waals surface area contributed by atoms with Crippen LogP contribution in [0.1, 0.15) is 17.5 Å². The molecule has 24 heavy (non-hydrogen) atoms. The van der Waals surface area contributed by atoms with Gasteiger partial charge < -0.3 is 19.7 Å². The number of rotatable bonds is 4. The summed E-state index contributed by atoms with van der Waals surface area (Å²) in [5.41, 5.74) is 3.57. The predicted octanol–water partition coefficient (Wildman–Crippen LogP) is 2.80. The number of fused-ring (bicyclic) bond motifs is 2. The molecule has 2 heterocycles. The lowest BCUT2D eigenvalue weighted by Crippen LogP contribution is -2.36. The van der Waals surface area contributed by atoms with Crippen LogP contribution in [0.4, 0.5) is 5.69 Å². The number of anilines is 1. The molecule has 0 saturated heterocycles. The van der Waals surface area contributed by atoms with Crippen molar-refractivity contribution in [1.82, 2.24) is 4.90 Å². The largest absolute Gasteiger partial charge is 0.454 e. The first-order valence-corrected chi connectivity index (χ1v) is 8.28. The molecule has 0 spiro atoms. The molecule has 0 bridgehead atoms. The van der Waals surface area contributed by atoms with Crippen molar-refractivity contribution in [1.29, 1.82) is 0 Å². The van der Waals surface area contributed by atoms with E-state index >= 15 is 0 Å². The van der Waals surface area contributed by atoms with Crippen LogP contribution in [0.25, 0.3) is 0 Å². The Morgan fingerprint density at radius 3 is 2.83 bits per heavy atom. The Morgan fingerprint density at radius 1 is 1.08 bits per heavy atom. The highest BCUT2D eigenvalue weighted by molar-refractivity contribution is 5.77. The standard InChI is InChI=1S/C19H20N2O3/c22-19(21-10-8-14-3-1-2-4-15(14)12-21)7-9-20-16-5-6-17-18(11-16)24-13-23-17/h1-6,11,20H,7-10,12-13H2. The molecule has 5 heteroatoms. The van der Waals surface area contributed by atoms with Crippen LogP contribution in [0.3, 0.4) is 0 Å². The molecule has 5 nitrogen and oxygen atoms in total. The minimum atomic E-state index is 0.192. The minimum Gasteiger partial charge on any atom is -0.454 e. The second-order valence-corrected chi connectivity index (χ2v) is 6.08. The van der Waals surface area contributed by atoms with Gasteiger partial charge in [0.1, 0.15) is 0 Å². The first-order valence-electron chi connectivity index (χ1n) is 8.28. The van der Waals surface area contributed by atoms with E-state index in [1.807, 2.05) is 29.2 Å². The van der Waals surface area contributed by atoms with Crippen LogP contribution in [0.5, 0.6) is 11.5 Å². The third-order valence-electron chi connectivity index (χ3n) is 4.52. The fourth-order valence-electron chi connectivity index (χ4n) is 3.19. The Labute approximate surface area is 141 Å². The van der Waals surface area contributed by atoms with Crippen LogP contribution in [0.15, 0.2) is 42.5 Å². The molecule has 2 aromatic rings. The van der Waals surface area contributed by atoms with E-state index in [0.29, 0.717) is 13.0 Å². The molecule has 0 aliphatic carbocycles. The predicted molar refractivity (Wildman–Crippen MR) is 91.2 cm³/mol. The Balaban J connectivity index is 1.30. The topological polar surface area (TPSA) is 50.8 Å². The fraction of sp³-hybridized carbons (Fsp3) is 0.316. The van der Waals surface area contributed by atoms with E-state index in [9.17, 15) is 4.79 Å². The van der Waals surface area contributed by atoms with Crippen LogP contribution in [-0.2, 0) is 17.8 Å². The van der Waals surface area contributed by atoms with Gasteiger partial charge in [-0.2, -0.15) is 0 Å². The number of carbonyl (C=O) groups is 1. The number of nitrogens with zero attached hydrogens (tertiary/aromatic N) is 1. The average Bonchev–Trinajstić information content (AvgIpc) is 3.09. The number of carbonyl (C=O) groups excluding carboxylic acids is 1. The van der Waals surface area contributed by atoms with Crippen LogP contribution in [0, 0.1) is 0 Å². The molecule has 2 aliphatic rings. The molecule has 2 aliphatic heterocycles. The Bertz CT molecular complexity index is 760. The van der Waals surface area contributed by atoms with E-state index in [4.69, 9.17) is 9.47 Å². The summed E-state index contributed by atoms with van der Waals surface area (Å²) >= 11 is 0. The molecule has 0 saturated carbocycles. The molecule has 0 aromatic heterocycles. The molecule has 2 aromatic carbocycles. The second kappa shape index (κ2) is 6.43. The van der Waals surface area contributed by atoms with Gasteiger partial charge in [0.05, 0.1) is 0 Å². The molecule has 0 radical (unpaired) electrons. The quantitative estimate of drug-likeness (QED) is 0.939. The summed E-state index contributed by atoms with van der Waals surface area (Å²) < 4.78 is 10.7. The highest BCUT2D eigenvalue weighted by Gasteiger charge is 2.20. The van der Waals surface area contributed by atoms with Gasteiger partial charge in [0.2, 0.25) is 12.7 Å². The smallest absolute Gasteiger partial charge is 0.231 e. The molecule has 0 fully saturated rings.